The highest BCUT2D eigenvalue weighted by molar-refractivity contribution is 8.13. The number of aryl methyl sites for hydroxylation is 2. The molecule has 0 bridgehead atoms. The molecule has 0 amide bonds. The number of β-amino-alcohol motifs (C(OH)–C–C–N with tert-alkyl or cyclic N) is 1. The number of amidine groups is 1. The van der Waals surface area contributed by atoms with Gasteiger partial charge in [-0.3, -0.25) is 0 Å². The Hall–Kier alpha value is -1.70. The topological polar surface area (TPSA) is 44.9 Å². The molecule has 5 nitrogen and oxygen atoms in total. The Morgan fingerprint density at radius 3 is 2.55 bits per heavy atom. The van der Waals surface area contributed by atoms with E-state index in [0.29, 0.717) is 18.0 Å². The molecule has 0 fully saturated rings. The van der Waals surface area contributed by atoms with Gasteiger partial charge in [0.2, 0.25) is 0 Å². The standard InChI is InChI=1S/C22H27N2O3S.BrH/c1-15-6-7-16(2)18(12-15)23-14-22(25,24-10-5-11-28-21(23)24)17-8-9-19(26-3)20(13-17)27-4;/h6-9,12-13,25H,5,10-11,14H2,1-4H3;1H/q+1;/p-1. The molecule has 0 radical (unpaired) electrons. The number of nitrogens with zero attached hydrogens (tertiary/aromatic N) is 2. The summed E-state index contributed by atoms with van der Waals surface area (Å²) in [6.07, 6.45) is 1.05. The number of ether oxygens (including phenoxy) is 2. The molecular weight excluding hydrogens is 452 g/mol. The van der Waals surface area contributed by atoms with E-state index in [-0.39, 0.29) is 17.0 Å². The van der Waals surface area contributed by atoms with Gasteiger partial charge >= 0.3 is 5.17 Å². The molecule has 2 aliphatic rings. The Kier molecular flexibility index (Phi) is 6.51. The molecule has 0 saturated heterocycles. The van der Waals surface area contributed by atoms with Crippen LogP contribution < -0.4 is 31.4 Å². The zero-order chi connectivity index (χ0) is 19.9. The molecule has 0 aliphatic carbocycles. The lowest BCUT2D eigenvalue weighted by molar-refractivity contribution is -0.656. The van der Waals surface area contributed by atoms with Crippen molar-refractivity contribution in [3.05, 3.63) is 53.1 Å². The Balaban J connectivity index is 0.00000240. The first-order valence-corrected chi connectivity index (χ1v) is 10.5. The van der Waals surface area contributed by atoms with E-state index in [0.717, 1.165) is 35.1 Å². The molecule has 1 N–H and O–H groups in total. The first-order chi connectivity index (χ1) is 13.5. The molecule has 0 spiro atoms. The average molecular weight is 479 g/mol. The SMILES string of the molecule is COc1ccc(C2(O)CN(c3cc(C)ccc3C)C3=[N+]2CCCS3)cc1OC.[Br-]. The molecule has 2 aromatic rings. The Morgan fingerprint density at radius 1 is 1.07 bits per heavy atom. The van der Waals surface area contributed by atoms with Gasteiger partial charge in [0.25, 0.3) is 5.72 Å². The molecule has 1 unspecified atom stereocenters. The average Bonchev–Trinajstić information content (AvgIpc) is 3.03. The van der Waals surface area contributed by atoms with Crippen molar-refractivity contribution in [2.45, 2.75) is 26.0 Å². The van der Waals surface area contributed by atoms with E-state index in [4.69, 9.17) is 9.47 Å². The second kappa shape index (κ2) is 8.58. The highest BCUT2D eigenvalue weighted by atomic mass is 79.9. The van der Waals surface area contributed by atoms with Crippen LogP contribution in [0.4, 0.5) is 5.69 Å². The van der Waals surface area contributed by atoms with Crippen LogP contribution in [0.1, 0.15) is 23.1 Å². The third kappa shape index (κ3) is 3.76. The van der Waals surface area contributed by atoms with Crippen LogP contribution in [-0.2, 0) is 5.72 Å². The van der Waals surface area contributed by atoms with Crippen LogP contribution in [0.15, 0.2) is 36.4 Å². The minimum absolute atomic E-state index is 0. The lowest BCUT2D eigenvalue weighted by atomic mass is 10.0. The summed E-state index contributed by atoms with van der Waals surface area (Å²) in [5.74, 6) is 2.36. The fourth-order valence-electron chi connectivity index (χ4n) is 4.03. The van der Waals surface area contributed by atoms with E-state index >= 15 is 0 Å². The smallest absolute Gasteiger partial charge is 0.316 e. The van der Waals surface area contributed by atoms with Crippen LogP contribution in [-0.4, -0.2) is 47.9 Å². The minimum atomic E-state index is -1.11. The fraction of sp³-hybridized carbons (Fsp3) is 0.409. The van der Waals surface area contributed by atoms with E-state index in [1.165, 1.54) is 11.1 Å². The zero-order valence-corrected chi connectivity index (χ0v) is 19.6. The van der Waals surface area contributed by atoms with Gasteiger partial charge in [0.1, 0.15) is 5.69 Å². The van der Waals surface area contributed by atoms with Crippen LogP contribution in [0.2, 0.25) is 0 Å². The summed E-state index contributed by atoms with van der Waals surface area (Å²) in [4.78, 5) is 2.27. The summed E-state index contributed by atoms with van der Waals surface area (Å²) in [5.41, 5.74) is 3.29. The van der Waals surface area contributed by atoms with E-state index in [9.17, 15) is 5.11 Å². The van der Waals surface area contributed by atoms with E-state index in [2.05, 4.69) is 41.5 Å². The maximum Gasteiger partial charge on any atom is 0.316 e. The van der Waals surface area contributed by atoms with Crippen LogP contribution in [0, 0.1) is 13.8 Å². The Morgan fingerprint density at radius 2 is 1.83 bits per heavy atom. The van der Waals surface area contributed by atoms with Gasteiger partial charge in [-0.1, -0.05) is 12.1 Å². The molecule has 29 heavy (non-hydrogen) atoms. The Labute approximate surface area is 187 Å². The van der Waals surface area contributed by atoms with Crippen molar-refractivity contribution in [3.8, 4) is 11.5 Å². The number of hydrogen-bond donors (Lipinski definition) is 1. The zero-order valence-electron chi connectivity index (χ0n) is 17.2. The minimum Gasteiger partial charge on any atom is -1.00 e. The van der Waals surface area contributed by atoms with Crippen LogP contribution in [0.25, 0.3) is 0 Å². The molecule has 156 valence electrons. The number of methoxy groups -OCH3 is 2. The maximum atomic E-state index is 11.9. The molecule has 7 heteroatoms. The quantitative estimate of drug-likeness (QED) is 0.648. The van der Waals surface area contributed by atoms with Gasteiger partial charge in [0.05, 0.1) is 20.8 Å². The molecule has 2 aliphatic heterocycles. The first kappa shape index (κ1) is 22.0. The largest absolute Gasteiger partial charge is 1.00 e. The predicted molar refractivity (Wildman–Crippen MR) is 114 cm³/mol. The summed E-state index contributed by atoms with van der Waals surface area (Å²) in [6, 6.07) is 12.2. The lowest BCUT2D eigenvalue weighted by Crippen LogP contribution is -3.00. The Bertz CT molecular complexity index is 950. The van der Waals surface area contributed by atoms with Crippen LogP contribution in [0.5, 0.6) is 11.5 Å². The van der Waals surface area contributed by atoms with Gasteiger partial charge < -0.3 is 31.6 Å². The van der Waals surface area contributed by atoms with E-state index in [1.54, 1.807) is 14.2 Å². The predicted octanol–water partition coefficient (Wildman–Crippen LogP) is 0.495. The molecule has 1 atom stereocenters. The van der Waals surface area contributed by atoms with Crippen molar-refractivity contribution in [2.24, 2.45) is 0 Å². The van der Waals surface area contributed by atoms with Crippen molar-refractivity contribution in [1.29, 1.82) is 0 Å². The molecular formula is C22H27BrN2O3S. The highest BCUT2D eigenvalue weighted by Crippen LogP contribution is 2.41. The number of thioether (sulfide) groups is 1. The summed E-state index contributed by atoms with van der Waals surface area (Å²) in [7, 11) is 3.24. The molecule has 2 aromatic carbocycles. The van der Waals surface area contributed by atoms with E-state index < -0.39 is 5.72 Å². The van der Waals surface area contributed by atoms with Crippen molar-refractivity contribution in [1.82, 2.24) is 0 Å². The summed E-state index contributed by atoms with van der Waals surface area (Å²) >= 11 is 1.82. The van der Waals surface area contributed by atoms with Gasteiger partial charge in [-0.05, 0) is 67.4 Å². The third-order valence-electron chi connectivity index (χ3n) is 5.55. The van der Waals surface area contributed by atoms with Crippen molar-refractivity contribution < 1.29 is 36.1 Å². The number of rotatable bonds is 4. The second-order valence-corrected chi connectivity index (χ2v) is 8.46. The number of benzene rings is 2. The van der Waals surface area contributed by atoms with Crippen LogP contribution in [0.3, 0.4) is 0 Å². The summed E-state index contributed by atoms with van der Waals surface area (Å²) in [6.45, 7) is 5.54. The maximum absolute atomic E-state index is 11.9. The fourth-order valence-corrected chi connectivity index (χ4v) is 5.20. The van der Waals surface area contributed by atoms with Crippen molar-refractivity contribution >= 4 is 22.6 Å². The van der Waals surface area contributed by atoms with Gasteiger partial charge in [-0.15, -0.1) is 0 Å². The van der Waals surface area contributed by atoms with Gasteiger partial charge in [0.15, 0.2) is 18.0 Å². The van der Waals surface area contributed by atoms with Gasteiger partial charge in [-0.25, -0.2) is 9.48 Å². The van der Waals surface area contributed by atoms with E-state index in [1.807, 2.05) is 30.0 Å². The normalized spacial score (nSPS) is 20.9. The highest BCUT2D eigenvalue weighted by Gasteiger charge is 2.53. The van der Waals surface area contributed by atoms with Gasteiger partial charge in [0, 0.05) is 11.3 Å². The number of hydrogen-bond acceptors (Lipinski definition) is 5. The number of aliphatic hydroxyl groups is 1. The van der Waals surface area contributed by atoms with Gasteiger partial charge in [-0.2, -0.15) is 0 Å². The second-order valence-electron chi connectivity index (χ2n) is 7.40. The monoisotopic (exact) mass is 478 g/mol. The van der Waals surface area contributed by atoms with Crippen molar-refractivity contribution in [3.63, 3.8) is 0 Å². The molecule has 2 heterocycles. The molecule has 0 aromatic heterocycles. The number of anilines is 1. The van der Waals surface area contributed by atoms with Crippen molar-refractivity contribution in [2.75, 3.05) is 38.0 Å². The molecule has 4 rings (SSSR count). The summed E-state index contributed by atoms with van der Waals surface area (Å²) < 4.78 is 13.0. The van der Waals surface area contributed by atoms with Crippen LogP contribution >= 0.6 is 11.8 Å². The lowest BCUT2D eigenvalue weighted by Gasteiger charge is -2.25. The summed E-state index contributed by atoms with van der Waals surface area (Å²) in [5, 5.41) is 13.0. The molecule has 0 saturated carbocycles. The number of halogens is 1. The first-order valence-electron chi connectivity index (χ1n) is 9.55. The third-order valence-corrected chi connectivity index (χ3v) is 6.74.